The molecule has 0 unspecified atom stereocenters. The van der Waals surface area contributed by atoms with E-state index in [-0.39, 0.29) is 0 Å². The molecule has 1 saturated carbocycles. The summed E-state index contributed by atoms with van der Waals surface area (Å²) in [6, 6.07) is 0. The van der Waals surface area contributed by atoms with E-state index in [1.165, 1.54) is 28.5 Å². The Morgan fingerprint density at radius 2 is 2.29 bits per heavy atom. The first-order chi connectivity index (χ1) is 3.43. The van der Waals surface area contributed by atoms with Gasteiger partial charge in [-0.3, -0.25) is 0 Å². The van der Waals surface area contributed by atoms with Crippen LogP contribution in [0.1, 0.15) is 19.3 Å². The summed E-state index contributed by atoms with van der Waals surface area (Å²) in [4.78, 5) is 0. The normalized spacial score (nSPS) is 21.9. The zero-order valence-electron chi connectivity index (χ0n) is 3.89. The predicted molar refractivity (Wildman–Crippen MR) is 40.3 cm³/mol. The minimum atomic E-state index is 0.585. The molecule has 7 heavy (non-hydrogen) atoms. The molecule has 3 heteroatoms. The highest BCUT2D eigenvalue weighted by Gasteiger charge is 2.17. The molecular formula is C4H7IOS. The van der Waals surface area contributed by atoms with Crippen LogP contribution in [0.5, 0.6) is 0 Å². The van der Waals surface area contributed by atoms with E-state index in [0.717, 1.165) is 0 Å². The number of hydrogen-bond acceptors (Lipinski definition) is 2. The lowest BCUT2D eigenvalue weighted by Gasteiger charge is -2.22. The van der Waals surface area contributed by atoms with Crippen LogP contribution in [0.3, 0.4) is 0 Å². The van der Waals surface area contributed by atoms with Crippen molar-refractivity contribution in [1.82, 2.24) is 0 Å². The molecule has 1 aliphatic rings. The van der Waals surface area contributed by atoms with Crippen LogP contribution in [0.25, 0.3) is 0 Å². The van der Waals surface area contributed by atoms with Crippen LogP contribution < -0.4 is 0 Å². The third kappa shape index (κ3) is 1.77. The zero-order chi connectivity index (χ0) is 5.11. The van der Waals surface area contributed by atoms with Gasteiger partial charge in [0.1, 0.15) is 0 Å². The fraction of sp³-hybridized carbons (Fsp3) is 1.00. The molecule has 0 heterocycles. The molecule has 0 spiro atoms. The monoisotopic (exact) mass is 230 g/mol. The van der Waals surface area contributed by atoms with Crippen molar-refractivity contribution in [3.63, 3.8) is 0 Å². The first-order valence-corrected chi connectivity index (χ1v) is 5.66. The second-order valence-corrected chi connectivity index (χ2v) is 3.11. The van der Waals surface area contributed by atoms with E-state index < -0.39 is 0 Å². The zero-order valence-corrected chi connectivity index (χ0v) is 6.87. The summed E-state index contributed by atoms with van der Waals surface area (Å²) in [7, 11) is 1.46. The summed E-state index contributed by atoms with van der Waals surface area (Å²) < 4.78 is 5.18. The summed E-state index contributed by atoms with van der Waals surface area (Å²) in [6.45, 7) is 0. The van der Waals surface area contributed by atoms with Crippen LogP contribution in [-0.4, -0.2) is 6.10 Å². The molecule has 1 nitrogen and oxygen atoms in total. The Labute approximate surface area is 60.0 Å². The van der Waals surface area contributed by atoms with Crippen LogP contribution in [0.4, 0.5) is 0 Å². The van der Waals surface area contributed by atoms with E-state index >= 15 is 0 Å². The quantitative estimate of drug-likeness (QED) is 0.532. The van der Waals surface area contributed by atoms with Gasteiger partial charge in [-0.2, -0.15) is 0 Å². The second kappa shape index (κ2) is 3.14. The van der Waals surface area contributed by atoms with Gasteiger partial charge in [-0.05, 0) is 19.3 Å². The average Bonchev–Trinajstić information content (AvgIpc) is 1.55. The van der Waals surface area contributed by atoms with E-state index in [1.54, 1.807) is 0 Å². The minimum absolute atomic E-state index is 0.585. The molecule has 0 saturated heterocycles. The molecule has 0 atom stereocenters. The van der Waals surface area contributed by atoms with E-state index in [2.05, 4.69) is 21.2 Å². The first-order valence-electron chi connectivity index (χ1n) is 2.37. The smallest absolute Gasteiger partial charge is 0.0732 e. The van der Waals surface area contributed by atoms with Gasteiger partial charge in [0.2, 0.25) is 0 Å². The molecule has 0 aromatic rings. The van der Waals surface area contributed by atoms with Crippen molar-refractivity contribution >= 4 is 30.4 Å². The molecule has 0 aliphatic heterocycles. The van der Waals surface area contributed by atoms with Crippen molar-refractivity contribution in [2.45, 2.75) is 25.4 Å². The molecule has 0 aromatic carbocycles. The molecule has 1 rings (SSSR count). The molecule has 0 N–H and O–H groups in total. The van der Waals surface area contributed by atoms with Crippen molar-refractivity contribution in [2.24, 2.45) is 0 Å². The largest absolute Gasteiger partial charge is 0.302 e. The van der Waals surface area contributed by atoms with Crippen LogP contribution in [0, 0.1) is 0 Å². The SMILES string of the molecule is ISOC1CCC1. The van der Waals surface area contributed by atoms with Gasteiger partial charge in [0.05, 0.1) is 15.3 Å². The van der Waals surface area contributed by atoms with Gasteiger partial charge in [-0.15, -0.1) is 0 Å². The lowest BCUT2D eigenvalue weighted by atomic mass is 9.97. The molecule has 0 amide bonds. The maximum absolute atomic E-state index is 5.18. The third-order valence-corrected chi connectivity index (χ3v) is 2.19. The van der Waals surface area contributed by atoms with E-state index in [1.807, 2.05) is 0 Å². The fourth-order valence-electron chi connectivity index (χ4n) is 0.518. The maximum atomic E-state index is 5.18. The highest BCUT2D eigenvalue weighted by Crippen LogP contribution is 2.28. The van der Waals surface area contributed by atoms with Crippen molar-refractivity contribution in [3.8, 4) is 0 Å². The van der Waals surface area contributed by atoms with Gasteiger partial charge in [0.15, 0.2) is 0 Å². The highest BCUT2D eigenvalue weighted by molar-refractivity contribution is 14.2. The summed E-state index contributed by atoms with van der Waals surface area (Å²) in [5.41, 5.74) is 0. The van der Waals surface area contributed by atoms with Crippen molar-refractivity contribution < 1.29 is 4.18 Å². The lowest BCUT2D eigenvalue weighted by molar-refractivity contribution is 0.151. The van der Waals surface area contributed by atoms with Gasteiger partial charge in [0, 0.05) is 21.2 Å². The topological polar surface area (TPSA) is 9.23 Å². The Kier molecular flexibility index (Phi) is 2.77. The Bertz CT molecular complexity index is 55.7. The summed E-state index contributed by atoms with van der Waals surface area (Å²) in [6.07, 6.45) is 4.50. The Hall–Kier alpha value is 1.04. The predicted octanol–water partition coefficient (Wildman–Crippen LogP) is 2.55. The van der Waals surface area contributed by atoms with Gasteiger partial charge in [0.25, 0.3) is 0 Å². The number of hydrogen-bond donors (Lipinski definition) is 0. The Morgan fingerprint density at radius 3 is 2.43 bits per heavy atom. The van der Waals surface area contributed by atoms with Gasteiger partial charge < -0.3 is 4.18 Å². The molecule has 0 aromatic heterocycles. The van der Waals surface area contributed by atoms with Gasteiger partial charge >= 0.3 is 0 Å². The van der Waals surface area contributed by atoms with Crippen LogP contribution in [0.2, 0.25) is 0 Å². The molecule has 0 radical (unpaired) electrons. The average molecular weight is 230 g/mol. The number of rotatable bonds is 2. The molecule has 42 valence electrons. The lowest BCUT2D eigenvalue weighted by Crippen LogP contribution is -2.17. The molecule has 0 bridgehead atoms. The maximum Gasteiger partial charge on any atom is 0.0732 e. The third-order valence-electron chi connectivity index (χ3n) is 1.22. The second-order valence-electron chi connectivity index (χ2n) is 1.71. The molecule has 1 fully saturated rings. The van der Waals surface area contributed by atoms with E-state index in [4.69, 9.17) is 4.18 Å². The highest BCUT2D eigenvalue weighted by atomic mass is 127. The van der Waals surface area contributed by atoms with E-state index in [9.17, 15) is 0 Å². The number of halogens is 1. The first kappa shape index (κ1) is 6.16. The van der Waals surface area contributed by atoms with Crippen LogP contribution >= 0.6 is 30.4 Å². The Morgan fingerprint density at radius 1 is 1.57 bits per heavy atom. The van der Waals surface area contributed by atoms with E-state index in [0.29, 0.717) is 6.10 Å². The van der Waals surface area contributed by atoms with Crippen LogP contribution in [0.15, 0.2) is 0 Å². The Balaban J connectivity index is 1.93. The summed E-state index contributed by atoms with van der Waals surface area (Å²) in [5, 5.41) is 0. The summed E-state index contributed by atoms with van der Waals surface area (Å²) in [5.74, 6) is 0. The van der Waals surface area contributed by atoms with Crippen molar-refractivity contribution in [2.75, 3.05) is 0 Å². The van der Waals surface area contributed by atoms with Crippen molar-refractivity contribution in [3.05, 3.63) is 0 Å². The van der Waals surface area contributed by atoms with Gasteiger partial charge in [-0.1, -0.05) is 0 Å². The standard InChI is InChI=1S/C4H7IOS/c5-7-6-4-2-1-3-4/h4H,1-3H2. The van der Waals surface area contributed by atoms with Crippen molar-refractivity contribution in [1.29, 1.82) is 0 Å². The molecule has 1 aliphatic carbocycles. The minimum Gasteiger partial charge on any atom is -0.302 e. The molecular weight excluding hydrogens is 223 g/mol. The van der Waals surface area contributed by atoms with Gasteiger partial charge in [-0.25, -0.2) is 0 Å². The van der Waals surface area contributed by atoms with Crippen LogP contribution in [-0.2, 0) is 4.18 Å². The summed E-state index contributed by atoms with van der Waals surface area (Å²) >= 11 is 2.15. The fourth-order valence-corrected chi connectivity index (χ4v) is 1.69.